The lowest BCUT2D eigenvalue weighted by atomic mass is 9.96. The molecule has 0 amide bonds. The van der Waals surface area contributed by atoms with Crippen molar-refractivity contribution >= 4 is 5.69 Å². The van der Waals surface area contributed by atoms with Crippen molar-refractivity contribution in [1.29, 1.82) is 0 Å². The third-order valence-corrected chi connectivity index (χ3v) is 3.98. The molecule has 1 aliphatic heterocycles. The van der Waals surface area contributed by atoms with Gasteiger partial charge in [-0.25, -0.2) is 0 Å². The second-order valence-corrected chi connectivity index (χ2v) is 5.32. The van der Waals surface area contributed by atoms with Gasteiger partial charge in [0.1, 0.15) is 5.60 Å². The Hall–Kier alpha value is -1.50. The fourth-order valence-electron chi connectivity index (χ4n) is 2.34. The molecule has 2 N–H and O–H groups in total. The highest BCUT2D eigenvalue weighted by Crippen LogP contribution is 2.26. The monoisotopic (exact) mass is 280 g/mol. The van der Waals surface area contributed by atoms with Crippen LogP contribution in [-0.2, 0) is 4.74 Å². The highest BCUT2D eigenvalue weighted by atomic mass is 16.6. The zero-order valence-electron chi connectivity index (χ0n) is 11.7. The number of hydrogen-bond donors (Lipinski definition) is 2. The number of rotatable bonds is 5. The molecule has 1 heterocycles. The van der Waals surface area contributed by atoms with Crippen LogP contribution in [0.15, 0.2) is 24.3 Å². The van der Waals surface area contributed by atoms with Gasteiger partial charge >= 0.3 is 0 Å². The van der Waals surface area contributed by atoms with E-state index in [1.165, 1.54) is 12.1 Å². The molecule has 6 heteroatoms. The van der Waals surface area contributed by atoms with E-state index in [1.54, 1.807) is 12.1 Å². The molecule has 0 aliphatic carbocycles. The topological polar surface area (TPSA) is 84.6 Å². The third kappa shape index (κ3) is 3.15. The number of non-ortho nitro benzene ring substituents is 1. The molecule has 110 valence electrons. The van der Waals surface area contributed by atoms with E-state index in [2.05, 4.69) is 5.32 Å². The van der Waals surface area contributed by atoms with Crippen LogP contribution in [0, 0.1) is 10.1 Å². The molecule has 2 rings (SSSR count). The van der Waals surface area contributed by atoms with E-state index in [-0.39, 0.29) is 17.8 Å². The van der Waals surface area contributed by atoms with Crippen LogP contribution in [0.1, 0.15) is 31.9 Å². The van der Waals surface area contributed by atoms with Crippen LogP contribution >= 0.6 is 0 Å². The lowest BCUT2D eigenvalue weighted by Crippen LogP contribution is -2.46. The normalized spacial score (nSPS) is 27.4. The molecule has 1 aromatic rings. The molecule has 0 aromatic heterocycles. The summed E-state index contributed by atoms with van der Waals surface area (Å²) < 4.78 is 5.38. The third-order valence-electron chi connectivity index (χ3n) is 3.98. The van der Waals surface area contributed by atoms with Gasteiger partial charge in [0.25, 0.3) is 5.69 Å². The van der Waals surface area contributed by atoms with Gasteiger partial charge in [-0.2, -0.15) is 0 Å². The minimum Gasteiger partial charge on any atom is -0.386 e. The first kappa shape index (κ1) is 14.9. The molecule has 1 saturated heterocycles. The van der Waals surface area contributed by atoms with Crippen molar-refractivity contribution in [3.05, 3.63) is 39.9 Å². The SMILES string of the molecule is CC(NCC1(O)CCOC1C)c1ccc([N+](=O)[O-])cc1. The molecule has 0 spiro atoms. The van der Waals surface area contributed by atoms with Crippen molar-refractivity contribution in [3.63, 3.8) is 0 Å². The van der Waals surface area contributed by atoms with Crippen LogP contribution in [-0.4, -0.2) is 34.9 Å². The quantitative estimate of drug-likeness (QED) is 0.634. The lowest BCUT2D eigenvalue weighted by Gasteiger charge is -2.28. The summed E-state index contributed by atoms with van der Waals surface area (Å²) in [5.41, 5.74) is 0.192. The fourth-order valence-corrected chi connectivity index (χ4v) is 2.34. The smallest absolute Gasteiger partial charge is 0.269 e. The highest BCUT2D eigenvalue weighted by molar-refractivity contribution is 5.34. The summed E-state index contributed by atoms with van der Waals surface area (Å²) in [4.78, 5) is 10.2. The average molecular weight is 280 g/mol. The van der Waals surface area contributed by atoms with E-state index in [1.807, 2.05) is 13.8 Å². The Bertz CT molecular complexity index is 477. The maximum Gasteiger partial charge on any atom is 0.269 e. The second-order valence-electron chi connectivity index (χ2n) is 5.32. The molecule has 0 bridgehead atoms. The van der Waals surface area contributed by atoms with E-state index >= 15 is 0 Å². The molecule has 0 radical (unpaired) electrons. The molecule has 3 atom stereocenters. The van der Waals surface area contributed by atoms with Gasteiger partial charge in [0, 0.05) is 37.7 Å². The summed E-state index contributed by atoms with van der Waals surface area (Å²) in [6.07, 6.45) is 0.438. The first-order valence-corrected chi connectivity index (χ1v) is 6.74. The van der Waals surface area contributed by atoms with E-state index in [0.29, 0.717) is 19.6 Å². The summed E-state index contributed by atoms with van der Waals surface area (Å²) in [6.45, 7) is 4.84. The number of ether oxygens (including phenoxy) is 1. The number of nitro groups is 1. The standard InChI is InChI=1S/C14H20N2O4/c1-10(12-3-5-13(6-4-12)16(18)19)15-9-14(17)7-8-20-11(14)2/h3-6,10-11,15,17H,7-9H2,1-2H3. The van der Waals surface area contributed by atoms with Crippen molar-refractivity contribution in [2.24, 2.45) is 0 Å². The van der Waals surface area contributed by atoms with Crippen LogP contribution < -0.4 is 5.32 Å². The number of hydrogen-bond acceptors (Lipinski definition) is 5. The molecule has 1 aliphatic rings. The van der Waals surface area contributed by atoms with Gasteiger partial charge in [0.2, 0.25) is 0 Å². The Morgan fingerprint density at radius 1 is 1.55 bits per heavy atom. The van der Waals surface area contributed by atoms with Crippen molar-refractivity contribution < 1.29 is 14.8 Å². The Balaban J connectivity index is 1.94. The maximum absolute atomic E-state index is 10.6. The Morgan fingerprint density at radius 2 is 2.20 bits per heavy atom. The molecule has 0 saturated carbocycles. The minimum atomic E-state index is -0.838. The van der Waals surface area contributed by atoms with Crippen LogP contribution in [0.5, 0.6) is 0 Å². The summed E-state index contributed by atoms with van der Waals surface area (Å²) in [5.74, 6) is 0. The summed E-state index contributed by atoms with van der Waals surface area (Å²) in [5, 5.41) is 24.3. The van der Waals surface area contributed by atoms with Crippen molar-refractivity contribution in [2.45, 2.75) is 38.0 Å². The molecular formula is C14H20N2O4. The van der Waals surface area contributed by atoms with Gasteiger partial charge in [-0.3, -0.25) is 10.1 Å². The molecule has 6 nitrogen and oxygen atoms in total. The Kier molecular flexibility index (Phi) is 4.37. The van der Waals surface area contributed by atoms with Gasteiger partial charge in [0.05, 0.1) is 11.0 Å². The number of benzene rings is 1. The van der Waals surface area contributed by atoms with Crippen molar-refractivity contribution in [1.82, 2.24) is 5.32 Å². The van der Waals surface area contributed by atoms with E-state index < -0.39 is 10.5 Å². The van der Waals surface area contributed by atoms with Gasteiger partial charge in [0.15, 0.2) is 0 Å². The fraction of sp³-hybridized carbons (Fsp3) is 0.571. The van der Waals surface area contributed by atoms with E-state index in [4.69, 9.17) is 4.74 Å². The number of nitrogens with one attached hydrogen (secondary N) is 1. The first-order valence-electron chi connectivity index (χ1n) is 6.74. The first-order chi connectivity index (χ1) is 9.42. The zero-order valence-corrected chi connectivity index (χ0v) is 11.7. The molecule has 3 unspecified atom stereocenters. The Morgan fingerprint density at radius 3 is 2.70 bits per heavy atom. The van der Waals surface area contributed by atoms with Crippen molar-refractivity contribution in [2.75, 3.05) is 13.2 Å². The summed E-state index contributed by atoms with van der Waals surface area (Å²) >= 11 is 0. The molecule has 1 aromatic carbocycles. The highest BCUT2D eigenvalue weighted by Gasteiger charge is 2.39. The number of aliphatic hydroxyl groups is 1. The molecular weight excluding hydrogens is 260 g/mol. The number of nitro benzene ring substituents is 1. The summed E-state index contributed by atoms with van der Waals surface area (Å²) in [6, 6.07) is 6.45. The van der Waals surface area contributed by atoms with Gasteiger partial charge in [-0.1, -0.05) is 12.1 Å². The maximum atomic E-state index is 10.6. The van der Waals surface area contributed by atoms with E-state index in [0.717, 1.165) is 5.56 Å². The molecule has 20 heavy (non-hydrogen) atoms. The largest absolute Gasteiger partial charge is 0.386 e. The minimum absolute atomic E-state index is 0.00706. The van der Waals surface area contributed by atoms with Gasteiger partial charge in [-0.05, 0) is 19.4 Å². The Labute approximate surface area is 117 Å². The van der Waals surface area contributed by atoms with Gasteiger partial charge < -0.3 is 15.2 Å². The van der Waals surface area contributed by atoms with Crippen LogP contribution in [0.2, 0.25) is 0 Å². The lowest BCUT2D eigenvalue weighted by molar-refractivity contribution is -0.384. The molecule has 1 fully saturated rings. The van der Waals surface area contributed by atoms with Gasteiger partial charge in [-0.15, -0.1) is 0 Å². The predicted molar refractivity (Wildman–Crippen MR) is 74.5 cm³/mol. The second kappa shape index (κ2) is 5.87. The van der Waals surface area contributed by atoms with Crippen LogP contribution in [0.25, 0.3) is 0 Å². The van der Waals surface area contributed by atoms with Crippen LogP contribution in [0.4, 0.5) is 5.69 Å². The summed E-state index contributed by atoms with van der Waals surface area (Å²) in [7, 11) is 0. The average Bonchev–Trinajstić information content (AvgIpc) is 2.76. The van der Waals surface area contributed by atoms with E-state index in [9.17, 15) is 15.2 Å². The van der Waals surface area contributed by atoms with Crippen molar-refractivity contribution in [3.8, 4) is 0 Å². The van der Waals surface area contributed by atoms with Crippen LogP contribution in [0.3, 0.4) is 0 Å². The predicted octanol–water partition coefficient (Wildman–Crippen LogP) is 1.79. The number of nitrogens with zero attached hydrogens (tertiary/aromatic N) is 1. The zero-order chi connectivity index (χ0) is 14.8.